The van der Waals surface area contributed by atoms with Gasteiger partial charge in [0.05, 0.1) is 35.6 Å². The molecule has 15 nitrogen and oxygen atoms in total. The number of rotatable bonds is 10. The number of ketones is 1. The summed E-state index contributed by atoms with van der Waals surface area (Å²) in [4.78, 5) is 83.5. The number of Topliss-reactive ketones (excluding diaryl/α,β-unsaturated/α-hetero) is 1. The average Bonchev–Trinajstić information content (AvgIpc) is 3.24. The predicted molar refractivity (Wildman–Crippen MR) is 218 cm³/mol. The molecule has 15 heteroatoms. The molecule has 4 aliphatic rings. The van der Waals surface area contributed by atoms with Gasteiger partial charge in [-0.05, 0) is 54.8 Å². The van der Waals surface area contributed by atoms with Crippen molar-refractivity contribution in [3.05, 3.63) is 119 Å². The van der Waals surface area contributed by atoms with Crippen LogP contribution in [0.1, 0.15) is 86.7 Å². The molecule has 11 atom stereocenters. The van der Waals surface area contributed by atoms with Gasteiger partial charge in [0, 0.05) is 37.7 Å². The molecule has 62 heavy (non-hydrogen) atoms. The molecule has 328 valence electrons. The van der Waals surface area contributed by atoms with Gasteiger partial charge in [-0.3, -0.25) is 19.2 Å². The number of esters is 4. The van der Waals surface area contributed by atoms with E-state index in [0.29, 0.717) is 5.56 Å². The summed E-state index contributed by atoms with van der Waals surface area (Å²) in [5.74, 6) is -6.84. The molecule has 2 bridgehead atoms. The lowest BCUT2D eigenvalue weighted by Crippen LogP contribution is -2.82. The number of hydrogen-bond acceptors (Lipinski definition) is 14. The maximum atomic E-state index is 15.5. The van der Waals surface area contributed by atoms with E-state index in [9.17, 15) is 39.3 Å². The van der Waals surface area contributed by atoms with E-state index in [-0.39, 0.29) is 35.3 Å². The highest BCUT2D eigenvalue weighted by Gasteiger charge is 2.78. The molecule has 0 spiro atoms. The lowest BCUT2D eigenvalue weighted by molar-refractivity contribution is -0.346. The Morgan fingerprint density at radius 2 is 1.40 bits per heavy atom. The second kappa shape index (κ2) is 16.5. The Kier molecular flexibility index (Phi) is 11.8. The summed E-state index contributed by atoms with van der Waals surface area (Å²) in [6.07, 6.45) is -10.5. The van der Waals surface area contributed by atoms with E-state index in [1.165, 1.54) is 26.0 Å². The number of benzene rings is 3. The quantitative estimate of drug-likeness (QED) is 0.130. The van der Waals surface area contributed by atoms with Gasteiger partial charge in [0.25, 0.3) is 5.91 Å². The van der Waals surface area contributed by atoms with E-state index >= 15 is 4.79 Å². The monoisotopic (exact) mass is 853 g/mol. The molecule has 1 saturated heterocycles. The normalized spacial score (nSPS) is 31.9. The van der Waals surface area contributed by atoms with Gasteiger partial charge in [-0.2, -0.15) is 0 Å². The summed E-state index contributed by atoms with van der Waals surface area (Å²) < 4.78 is 30.3. The van der Waals surface area contributed by atoms with Crippen molar-refractivity contribution in [2.45, 2.75) is 108 Å². The molecule has 3 fully saturated rings. The fourth-order valence-corrected chi connectivity index (χ4v) is 10.2. The Bertz CT molecular complexity index is 2280. The van der Waals surface area contributed by atoms with E-state index < -0.39 is 113 Å². The van der Waals surface area contributed by atoms with Crippen LogP contribution in [0.25, 0.3) is 0 Å². The van der Waals surface area contributed by atoms with Crippen LogP contribution in [-0.2, 0) is 42.9 Å². The Labute approximate surface area is 358 Å². The van der Waals surface area contributed by atoms with Gasteiger partial charge in [-0.15, -0.1) is 0 Å². The van der Waals surface area contributed by atoms with Crippen LogP contribution < -0.4 is 5.32 Å². The van der Waals surface area contributed by atoms with E-state index in [2.05, 4.69) is 5.32 Å². The van der Waals surface area contributed by atoms with Crippen LogP contribution in [0.2, 0.25) is 0 Å². The highest BCUT2D eigenvalue weighted by molar-refractivity contribution is 5.96. The van der Waals surface area contributed by atoms with Gasteiger partial charge in [0.1, 0.15) is 23.9 Å². The van der Waals surface area contributed by atoms with Gasteiger partial charge in [-0.1, -0.05) is 80.6 Å². The van der Waals surface area contributed by atoms with Gasteiger partial charge >= 0.3 is 23.9 Å². The van der Waals surface area contributed by atoms with Crippen molar-refractivity contribution >= 4 is 35.6 Å². The number of hydrogen-bond donors (Lipinski definition) is 4. The fourth-order valence-electron chi connectivity index (χ4n) is 10.2. The smallest absolute Gasteiger partial charge is 0.338 e. The minimum absolute atomic E-state index is 0.00289. The lowest BCUT2D eigenvalue weighted by atomic mass is 9.44. The maximum absolute atomic E-state index is 15.5. The third-order valence-corrected chi connectivity index (χ3v) is 13.5. The van der Waals surface area contributed by atoms with Crippen LogP contribution in [0.4, 0.5) is 0 Å². The summed E-state index contributed by atoms with van der Waals surface area (Å²) in [6, 6.07) is 22.9. The SMILES string of the molecule is CC(=O)O[C@H]1C(=O)[C@]2(C)[C@@H](O)CC3OC[C@@]3(OC(C)=O)[C@H]2[C@H](OC(=O)c2ccccc2)[C@]2(O)C[C@H](OC(=O)[C@H](O)[C@@H](NC(=O)c3ccccc3)c3ccccc3)C(C)=C1C2(C)C. The first kappa shape index (κ1) is 44.3. The van der Waals surface area contributed by atoms with Crippen LogP contribution >= 0.6 is 0 Å². The van der Waals surface area contributed by atoms with Crippen molar-refractivity contribution < 1.29 is 67.8 Å². The standard InChI is InChI=1S/C47H51NO14/c1-25-31(60-43(56)36(52)35(28-16-10-7-11-17-28)48-41(54)29-18-12-8-13-19-29)23-47(57)40(61-42(55)30-20-14-9-15-21-30)38-45(6,32(51)22-33-46(38,24-58-33)62-27(3)50)39(53)37(59-26(2)49)34(25)44(47,4)5/h7-21,31-33,35-38,40,51-52,57H,22-24H2,1-6H3,(H,48,54)/t31-,32-,33?,35-,36+,37+,38-,40-,45+,46-,47+/m0/s1. The molecule has 4 N–H and O–H groups in total. The highest BCUT2D eigenvalue weighted by Crippen LogP contribution is 2.64. The lowest BCUT2D eigenvalue weighted by Gasteiger charge is -2.67. The average molecular weight is 854 g/mol. The summed E-state index contributed by atoms with van der Waals surface area (Å²) in [6.45, 7) is 7.97. The minimum atomic E-state index is -2.39. The molecule has 1 unspecified atom stereocenters. The number of nitrogens with one attached hydrogen (secondary N) is 1. The van der Waals surface area contributed by atoms with Crippen LogP contribution in [0.3, 0.4) is 0 Å². The molecule has 0 aromatic heterocycles. The van der Waals surface area contributed by atoms with E-state index in [4.69, 9.17) is 23.7 Å². The topological polar surface area (TPSA) is 221 Å². The Balaban J connectivity index is 1.39. The molecule has 3 aliphatic carbocycles. The number of carbonyl (C=O) groups is 6. The van der Waals surface area contributed by atoms with Crippen molar-refractivity contribution in [3.63, 3.8) is 0 Å². The van der Waals surface area contributed by atoms with Crippen molar-refractivity contribution in [3.8, 4) is 0 Å². The molecule has 3 aromatic carbocycles. The van der Waals surface area contributed by atoms with Crippen molar-refractivity contribution in [2.24, 2.45) is 16.7 Å². The van der Waals surface area contributed by atoms with Crippen LogP contribution in [-0.4, -0.2) is 105 Å². The summed E-state index contributed by atoms with van der Waals surface area (Å²) in [5.41, 5.74) is -7.02. The maximum Gasteiger partial charge on any atom is 0.338 e. The zero-order valence-electron chi connectivity index (χ0n) is 35.2. The molecule has 2 saturated carbocycles. The van der Waals surface area contributed by atoms with Crippen LogP contribution in [0.15, 0.2) is 102 Å². The Morgan fingerprint density at radius 3 is 1.95 bits per heavy atom. The van der Waals surface area contributed by atoms with E-state index in [1.54, 1.807) is 92.7 Å². The van der Waals surface area contributed by atoms with Crippen LogP contribution in [0.5, 0.6) is 0 Å². The summed E-state index contributed by atoms with van der Waals surface area (Å²) in [5, 5.41) is 40.2. The van der Waals surface area contributed by atoms with Gasteiger partial charge in [0.15, 0.2) is 23.6 Å². The number of amides is 1. The number of fused-ring (bicyclic) bond motifs is 5. The molecule has 3 aromatic rings. The first-order valence-corrected chi connectivity index (χ1v) is 20.5. The summed E-state index contributed by atoms with van der Waals surface area (Å²) in [7, 11) is 0. The summed E-state index contributed by atoms with van der Waals surface area (Å²) >= 11 is 0. The molecule has 1 aliphatic heterocycles. The number of ether oxygens (including phenoxy) is 5. The zero-order valence-corrected chi connectivity index (χ0v) is 35.2. The molecule has 0 radical (unpaired) electrons. The zero-order chi connectivity index (χ0) is 44.9. The first-order chi connectivity index (χ1) is 29.3. The van der Waals surface area contributed by atoms with E-state index in [1.807, 2.05) is 0 Å². The number of carbonyl (C=O) groups excluding carboxylic acids is 6. The van der Waals surface area contributed by atoms with Crippen molar-refractivity contribution in [1.82, 2.24) is 5.32 Å². The fraction of sp³-hybridized carbons (Fsp3) is 0.447. The Hall–Kier alpha value is -5.74. The third-order valence-electron chi connectivity index (χ3n) is 13.5. The molecule has 1 amide bonds. The minimum Gasteiger partial charge on any atom is -0.456 e. The predicted octanol–water partition coefficient (Wildman–Crippen LogP) is 3.74. The van der Waals surface area contributed by atoms with Gasteiger partial charge in [-0.25, -0.2) is 9.59 Å². The van der Waals surface area contributed by atoms with E-state index in [0.717, 1.165) is 13.8 Å². The van der Waals surface area contributed by atoms with Gasteiger partial charge < -0.3 is 44.3 Å². The molecule has 7 rings (SSSR count). The number of aliphatic hydroxyl groups is 3. The molecular weight excluding hydrogens is 803 g/mol. The molecule has 1 heterocycles. The largest absolute Gasteiger partial charge is 0.456 e. The van der Waals surface area contributed by atoms with Gasteiger partial charge in [0.2, 0.25) is 0 Å². The number of aliphatic hydroxyl groups excluding tert-OH is 2. The van der Waals surface area contributed by atoms with Crippen molar-refractivity contribution in [1.29, 1.82) is 0 Å². The highest BCUT2D eigenvalue weighted by atomic mass is 16.6. The second-order valence-corrected chi connectivity index (χ2v) is 17.4. The molecular formula is C47H51NO14. The second-order valence-electron chi connectivity index (χ2n) is 17.4. The Morgan fingerprint density at radius 1 is 0.823 bits per heavy atom. The van der Waals surface area contributed by atoms with Crippen molar-refractivity contribution in [2.75, 3.05) is 6.61 Å². The third kappa shape index (κ3) is 7.29. The van der Waals surface area contributed by atoms with Crippen LogP contribution in [0, 0.1) is 16.7 Å². The first-order valence-electron chi connectivity index (χ1n) is 20.5.